The Balaban J connectivity index is 1.87. The maximum Gasteiger partial charge on any atom is 0.295 e. The zero-order valence-corrected chi connectivity index (χ0v) is 20.3. The zero-order chi connectivity index (χ0) is 23.9. The van der Waals surface area contributed by atoms with Crippen LogP contribution in [0.2, 0.25) is 5.02 Å². The predicted molar refractivity (Wildman–Crippen MR) is 129 cm³/mol. The van der Waals surface area contributed by atoms with Gasteiger partial charge in [-0.1, -0.05) is 56.6 Å². The highest BCUT2D eigenvalue weighted by Gasteiger charge is 2.47. The van der Waals surface area contributed by atoms with Crippen molar-refractivity contribution >= 4 is 29.1 Å². The summed E-state index contributed by atoms with van der Waals surface area (Å²) in [6.45, 7) is 9.12. The molecule has 6 heteroatoms. The minimum Gasteiger partial charge on any atom is -0.507 e. The van der Waals surface area contributed by atoms with E-state index in [4.69, 9.17) is 16.3 Å². The Hall–Kier alpha value is -2.63. The molecule has 2 aliphatic heterocycles. The summed E-state index contributed by atoms with van der Waals surface area (Å²) in [7, 11) is 0. The highest BCUT2D eigenvalue weighted by Crippen LogP contribution is 2.41. The summed E-state index contributed by atoms with van der Waals surface area (Å²) >= 11 is 6.10. The highest BCUT2D eigenvalue weighted by molar-refractivity contribution is 6.46. The van der Waals surface area contributed by atoms with E-state index in [1.165, 1.54) is 4.90 Å². The fourth-order valence-electron chi connectivity index (χ4n) is 4.56. The van der Waals surface area contributed by atoms with Gasteiger partial charge in [-0.3, -0.25) is 9.59 Å². The van der Waals surface area contributed by atoms with E-state index in [1.54, 1.807) is 24.3 Å². The first-order valence-electron chi connectivity index (χ1n) is 11.3. The first kappa shape index (κ1) is 23.5. The molecule has 1 N–H and O–H groups in total. The third-order valence-corrected chi connectivity index (χ3v) is 6.76. The molecule has 0 saturated carbocycles. The number of benzene rings is 2. The van der Waals surface area contributed by atoms with Crippen LogP contribution in [0, 0.1) is 6.92 Å². The summed E-state index contributed by atoms with van der Waals surface area (Å²) in [5.74, 6) is -1.44. The number of aryl methyl sites for hydroxylation is 1. The number of amides is 1. The van der Waals surface area contributed by atoms with E-state index in [0.29, 0.717) is 23.7 Å². The van der Waals surface area contributed by atoms with Gasteiger partial charge in [0.25, 0.3) is 11.7 Å². The van der Waals surface area contributed by atoms with Crippen LogP contribution in [-0.2, 0) is 19.7 Å². The SMILES string of the molecule is Cc1ccc(C(C)(C)C)cc1/C(O)=C1\C(=O)C(=O)N(CC2CCCO2)C1c1ccc(Cl)cc1. The summed E-state index contributed by atoms with van der Waals surface area (Å²) < 4.78 is 5.75. The maximum absolute atomic E-state index is 13.3. The number of carbonyl (C=O) groups is 2. The Bertz CT molecular complexity index is 1110. The van der Waals surface area contributed by atoms with Gasteiger partial charge >= 0.3 is 0 Å². The Morgan fingerprint density at radius 2 is 1.85 bits per heavy atom. The first-order valence-corrected chi connectivity index (χ1v) is 11.7. The van der Waals surface area contributed by atoms with Crippen LogP contribution in [0.3, 0.4) is 0 Å². The van der Waals surface area contributed by atoms with Gasteiger partial charge in [0.2, 0.25) is 0 Å². The van der Waals surface area contributed by atoms with E-state index in [0.717, 1.165) is 29.5 Å². The zero-order valence-electron chi connectivity index (χ0n) is 19.5. The average Bonchev–Trinajstić information content (AvgIpc) is 3.36. The molecule has 0 bridgehead atoms. The van der Waals surface area contributed by atoms with E-state index in [9.17, 15) is 14.7 Å². The van der Waals surface area contributed by atoms with E-state index in [2.05, 4.69) is 20.8 Å². The molecule has 2 heterocycles. The summed E-state index contributed by atoms with van der Waals surface area (Å²) in [4.78, 5) is 28.0. The van der Waals surface area contributed by atoms with Crippen molar-refractivity contribution in [3.05, 3.63) is 75.3 Å². The van der Waals surface area contributed by atoms with Gasteiger partial charge in [0.05, 0.1) is 17.7 Å². The number of ether oxygens (including phenoxy) is 1. The van der Waals surface area contributed by atoms with Crippen molar-refractivity contribution in [2.45, 2.75) is 58.1 Å². The summed E-state index contributed by atoms with van der Waals surface area (Å²) in [5.41, 5.74) is 3.13. The first-order chi connectivity index (χ1) is 15.6. The minimum atomic E-state index is -0.704. The molecule has 2 fully saturated rings. The Labute approximate surface area is 200 Å². The lowest BCUT2D eigenvalue weighted by atomic mass is 9.84. The number of halogens is 1. The van der Waals surface area contributed by atoms with Gasteiger partial charge in [0.15, 0.2) is 0 Å². The lowest BCUT2D eigenvalue weighted by Gasteiger charge is -2.27. The topological polar surface area (TPSA) is 66.8 Å². The quantitative estimate of drug-likeness (QED) is 0.364. The van der Waals surface area contributed by atoms with Crippen molar-refractivity contribution in [1.29, 1.82) is 0 Å². The molecule has 0 radical (unpaired) electrons. The highest BCUT2D eigenvalue weighted by atomic mass is 35.5. The second-order valence-electron chi connectivity index (χ2n) is 9.92. The van der Waals surface area contributed by atoms with Gasteiger partial charge in [0, 0.05) is 23.7 Å². The fourth-order valence-corrected chi connectivity index (χ4v) is 4.68. The lowest BCUT2D eigenvalue weighted by molar-refractivity contribution is -0.140. The molecule has 2 aromatic rings. The molecule has 2 saturated heterocycles. The molecule has 2 aromatic carbocycles. The standard InChI is InChI=1S/C27H30ClNO4/c1-16-7-10-18(27(2,3)4)14-21(16)24(30)22-23(17-8-11-19(28)12-9-17)29(26(32)25(22)31)15-20-6-5-13-33-20/h7-12,14,20,23,30H,5-6,13,15H2,1-4H3/b24-22+. The van der Waals surface area contributed by atoms with Crippen LogP contribution in [0.4, 0.5) is 0 Å². The molecule has 0 aliphatic carbocycles. The number of hydrogen-bond donors (Lipinski definition) is 1. The number of aliphatic hydroxyl groups excluding tert-OH is 1. The number of carbonyl (C=O) groups excluding carboxylic acids is 2. The monoisotopic (exact) mass is 467 g/mol. The van der Waals surface area contributed by atoms with Crippen LogP contribution >= 0.6 is 11.6 Å². The van der Waals surface area contributed by atoms with Gasteiger partial charge in [-0.05, 0) is 60.1 Å². The van der Waals surface area contributed by atoms with Crippen molar-refractivity contribution in [2.75, 3.05) is 13.2 Å². The van der Waals surface area contributed by atoms with Crippen molar-refractivity contribution < 1.29 is 19.4 Å². The molecule has 174 valence electrons. The Kier molecular flexibility index (Phi) is 6.39. The van der Waals surface area contributed by atoms with Crippen LogP contribution in [-0.4, -0.2) is 41.0 Å². The molecule has 0 spiro atoms. The summed E-state index contributed by atoms with van der Waals surface area (Å²) in [6, 6.07) is 12.2. The van der Waals surface area contributed by atoms with Gasteiger partial charge < -0.3 is 14.7 Å². The minimum absolute atomic E-state index is 0.106. The smallest absolute Gasteiger partial charge is 0.295 e. The maximum atomic E-state index is 13.3. The molecule has 4 rings (SSSR count). The van der Waals surface area contributed by atoms with Gasteiger partial charge in [-0.15, -0.1) is 0 Å². The molecular formula is C27H30ClNO4. The van der Waals surface area contributed by atoms with Crippen molar-refractivity contribution in [3.63, 3.8) is 0 Å². The molecule has 2 aliphatic rings. The summed E-state index contributed by atoms with van der Waals surface area (Å²) in [5, 5.41) is 12.0. The fraction of sp³-hybridized carbons (Fsp3) is 0.407. The van der Waals surface area contributed by atoms with Crippen LogP contribution < -0.4 is 0 Å². The van der Waals surface area contributed by atoms with Crippen LogP contribution in [0.5, 0.6) is 0 Å². The number of likely N-dealkylation sites (tertiary alicyclic amines) is 1. The van der Waals surface area contributed by atoms with Crippen LogP contribution in [0.1, 0.15) is 61.9 Å². The molecule has 0 aromatic heterocycles. The molecule has 33 heavy (non-hydrogen) atoms. The molecule has 2 unspecified atom stereocenters. The average molecular weight is 468 g/mol. The molecule has 5 nitrogen and oxygen atoms in total. The third-order valence-electron chi connectivity index (χ3n) is 6.51. The lowest BCUT2D eigenvalue weighted by Crippen LogP contribution is -2.36. The van der Waals surface area contributed by atoms with Gasteiger partial charge in [0.1, 0.15) is 5.76 Å². The molecule has 1 amide bonds. The number of nitrogens with zero attached hydrogens (tertiary/aromatic N) is 1. The van der Waals surface area contributed by atoms with E-state index >= 15 is 0 Å². The van der Waals surface area contributed by atoms with Crippen LogP contribution in [0.15, 0.2) is 48.0 Å². The van der Waals surface area contributed by atoms with Gasteiger partial charge in [-0.2, -0.15) is 0 Å². The summed E-state index contributed by atoms with van der Waals surface area (Å²) in [6.07, 6.45) is 1.64. The van der Waals surface area contributed by atoms with Crippen molar-refractivity contribution in [3.8, 4) is 0 Å². The predicted octanol–water partition coefficient (Wildman–Crippen LogP) is 5.55. The van der Waals surface area contributed by atoms with E-state index in [-0.39, 0.29) is 22.9 Å². The molecule has 2 atom stereocenters. The normalized spacial score (nSPS) is 22.9. The number of aliphatic hydroxyl groups is 1. The molecular weight excluding hydrogens is 438 g/mol. The van der Waals surface area contributed by atoms with Crippen molar-refractivity contribution in [2.24, 2.45) is 0 Å². The second-order valence-corrected chi connectivity index (χ2v) is 10.4. The second kappa shape index (κ2) is 8.96. The van der Waals surface area contributed by atoms with Gasteiger partial charge in [-0.25, -0.2) is 0 Å². The Morgan fingerprint density at radius 1 is 1.15 bits per heavy atom. The van der Waals surface area contributed by atoms with Crippen LogP contribution in [0.25, 0.3) is 5.76 Å². The number of rotatable bonds is 4. The van der Waals surface area contributed by atoms with Crippen molar-refractivity contribution in [1.82, 2.24) is 4.90 Å². The largest absolute Gasteiger partial charge is 0.507 e. The number of ketones is 1. The third kappa shape index (κ3) is 4.57. The van der Waals surface area contributed by atoms with E-state index < -0.39 is 17.7 Å². The number of Topliss-reactive ketones (excluding diaryl/α,β-unsaturated/α-hetero) is 1. The number of hydrogen-bond acceptors (Lipinski definition) is 4. The Morgan fingerprint density at radius 3 is 2.45 bits per heavy atom. The van der Waals surface area contributed by atoms with E-state index in [1.807, 2.05) is 25.1 Å².